The number of unbranched alkanes of at least 4 members (excludes halogenated alkanes) is 6. The molecule has 0 bridgehead atoms. The van der Waals surface area contributed by atoms with E-state index in [9.17, 15) is 9.59 Å². The van der Waals surface area contributed by atoms with Crippen molar-refractivity contribution < 1.29 is 14.3 Å². The molecule has 0 fully saturated rings. The Hall–Kier alpha value is -1.06. The van der Waals surface area contributed by atoms with E-state index >= 15 is 0 Å². The third kappa shape index (κ3) is 15.2. The molecule has 0 saturated carbocycles. The Morgan fingerprint density at radius 2 is 1.67 bits per heavy atom. The van der Waals surface area contributed by atoms with Crippen molar-refractivity contribution in [3.63, 3.8) is 0 Å². The molecular formula is C17H33NO3. The van der Waals surface area contributed by atoms with Crippen molar-refractivity contribution in [2.75, 3.05) is 6.54 Å². The maximum Gasteiger partial charge on any atom is 0.306 e. The van der Waals surface area contributed by atoms with Crippen molar-refractivity contribution >= 4 is 11.9 Å². The van der Waals surface area contributed by atoms with Gasteiger partial charge in [0.25, 0.3) is 0 Å². The summed E-state index contributed by atoms with van der Waals surface area (Å²) in [6.45, 7) is 6.44. The molecule has 0 aliphatic heterocycles. The largest absolute Gasteiger partial charge is 0.463 e. The van der Waals surface area contributed by atoms with Gasteiger partial charge in [0.2, 0.25) is 5.91 Å². The molecule has 1 atom stereocenters. The number of carbonyl (C=O) groups excluding carboxylic acids is 2. The van der Waals surface area contributed by atoms with Crippen LogP contribution in [0.3, 0.4) is 0 Å². The summed E-state index contributed by atoms with van der Waals surface area (Å²) in [6.07, 6.45) is 10.3. The van der Waals surface area contributed by atoms with Crippen LogP contribution in [0.4, 0.5) is 0 Å². The molecule has 0 aliphatic rings. The van der Waals surface area contributed by atoms with Crippen molar-refractivity contribution in [1.29, 1.82) is 0 Å². The SMILES string of the molecule is CCCCCCC(C)OC(=O)CCCCCCNC(C)=O. The predicted octanol–water partition coefficient (Wildman–Crippen LogP) is 3.98. The zero-order valence-corrected chi connectivity index (χ0v) is 14.1. The summed E-state index contributed by atoms with van der Waals surface area (Å²) < 4.78 is 5.39. The molecule has 124 valence electrons. The van der Waals surface area contributed by atoms with E-state index in [1.165, 1.54) is 26.2 Å². The average Bonchev–Trinajstić information content (AvgIpc) is 2.42. The van der Waals surface area contributed by atoms with E-state index in [4.69, 9.17) is 4.74 Å². The van der Waals surface area contributed by atoms with Crippen molar-refractivity contribution in [3.8, 4) is 0 Å². The van der Waals surface area contributed by atoms with Crippen LogP contribution in [0.5, 0.6) is 0 Å². The molecule has 1 amide bonds. The van der Waals surface area contributed by atoms with Crippen molar-refractivity contribution in [2.45, 2.75) is 91.1 Å². The third-order valence-corrected chi connectivity index (χ3v) is 3.48. The first-order valence-electron chi connectivity index (χ1n) is 8.50. The molecule has 4 nitrogen and oxygen atoms in total. The first-order chi connectivity index (χ1) is 10.1. The smallest absolute Gasteiger partial charge is 0.306 e. The summed E-state index contributed by atoms with van der Waals surface area (Å²) in [5.41, 5.74) is 0. The Bertz CT molecular complexity index is 279. The fraction of sp³-hybridized carbons (Fsp3) is 0.882. The number of hydrogen-bond donors (Lipinski definition) is 1. The van der Waals surface area contributed by atoms with Crippen molar-refractivity contribution in [3.05, 3.63) is 0 Å². The molecule has 1 N–H and O–H groups in total. The van der Waals surface area contributed by atoms with E-state index in [1.54, 1.807) is 0 Å². The molecule has 0 rings (SSSR count). The van der Waals surface area contributed by atoms with Gasteiger partial charge in [-0.1, -0.05) is 39.0 Å². The standard InChI is InChI=1S/C17H33NO3/c1-4-5-6-9-12-15(2)21-17(20)13-10-7-8-11-14-18-16(3)19/h15H,4-14H2,1-3H3,(H,18,19). The molecular weight excluding hydrogens is 266 g/mol. The summed E-state index contributed by atoms with van der Waals surface area (Å²) in [6, 6.07) is 0. The summed E-state index contributed by atoms with van der Waals surface area (Å²) in [4.78, 5) is 22.3. The molecule has 0 aromatic heterocycles. The monoisotopic (exact) mass is 299 g/mol. The highest BCUT2D eigenvalue weighted by Gasteiger charge is 2.08. The molecule has 0 aliphatic carbocycles. The number of hydrogen-bond acceptors (Lipinski definition) is 3. The fourth-order valence-electron chi connectivity index (χ4n) is 2.21. The molecule has 0 heterocycles. The third-order valence-electron chi connectivity index (χ3n) is 3.48. The van der Waals surface area contributed by atoms with E-state index in [1.807, 2.05) is 6.92 Å². The average molecular weight is 299 g/mol. The van der Waals surface area contributed by atoms with Crippen LogP contribution in [0.2, 0.25) is 0 Å². The van der Waals surface area contributed by atoms with Gasteiger partial charge in [0, 0.05) is 19.9 Å². The highest BCUT2D eigenvalue weighted by atomic mass is 16.5. The van der Waals surface area contributed by atoms with Crippen LogP contribution in [0.25, 0.3) is 0 Å². The molecule has 0 spiro atoms. The summed E-state index contributed by atoms with van der Waals surface area (Å²) in [5, 5.41) is 2.77. The number of amides is 1. The van der Waals surface area contributed by atoms with Gasteiger partial charge in [-0.3, -0.25) is 9.59 Å². The quantitative estimate of drug-likeness (QED) is 0.413. The maximum atomic E-state index is 11.6. The van der Waals surface area contributed by atoms with Crippen LogP contribution >= 0.6 is 0 Å². The number of nitrogens with one attached hydrogen (secondary N) is 1. The topological polar surface area (TPSA) is 55.4 Å². The molecule has 0 radical (unpaired) electrons. The zero-order chi connectivity index (χ0) is 15.9. The molecule has 0 saturated heterocycles. The Balaban J connectivity index is 3.38. The molecule has 0 aromatic rings. The molecule has 0 aromatic carbocycles. The highest BCUT2D eigenvalue weighted by molar-refractivity contribution is 5.72. The minimum atomic E-state index is -0.0696. The molecule has 21 heavy (non-hydrogen) atoms. The van der Waals surface area contributed by atoms with Crippen molar-refractivity contribution in [1.82, 2.24) is 5.32 Å². The van der Waals surface area contributed by atoms with E-state index in [0.29, 0.717) is 6.42 Å². The van der Waals surface area contributed by atoms with Crippen LogP contribution in [-0.2, 0) is 14.3 Å². The lowest BCUT2D eigenvalue weighted by Gasteiger charge is -2.13. The Kier molecular flexibility index (Phi) is 13.2. The van der Waals surface area contributed by atoms with Crippen LogP contribution in [0.1, 0.15) is 85.0 Å². The normalized spacial score (nSPS) is 12.0. The van der Waals surface area contributed by atoms with E-state index in [0.717, 1.165) is 45.1 Å². The van der Waals surface area contributed by atoms with Gasteiger partial charge in [-0.25, -0.2) is 0 Å². The lowest BCUT2D eigenvalue weighted by molar-refractivity contribution is -0.148. The van der Waals surface area contributed by atoms with Gasteiger partial charge in [0.15, 0.2) is 0 Å². The van der Waals surface area contributed by atoms with Gasteiger partial charge in [-0.2, -0.15) is 0 Å². The molecule has 1 unspecified atom stereocenters. The highest BCUT2D eigenvalue weighted by Crippen LogP contribution is 2.10. The fourth-order valence-corrected chi connectivity index (χ4v) is 2.21. The van der Waals surface area contributed by atoms with Crippen LogP contribution < -0.4 is 5.32 Å². The maximum absolute atomic E-state index is 11.6. The first kappa shape index (κ1) is 19.9. The van der Waals surface area contributed by atoms with Crippen LogP contribution in [0.15, 0.2) is 0 Å². The van der Waals surface area contributed by atoms with Gasteiger partial charge in [-0.15, -0.1) is 0 Å². The van der Waals surface area contributed by atoms with Crippen LogP contribution in [-0.4, -0.2) is 24.5 Å². The van der Waals surface area contributed by atoms with Gasteiger partial charge in [0.1, 0.15) is 0 Å². The summed E-state index contributed by atoms with van der Waals surface area (Å²) in [5.74, 6) is -0.0497. The second-order valence-electron chi connectivity index (χ2n) is 5.80. The Labute approximate surface area is 130 Å². The number of rotatable bonds is 13. The van der Waals surface area contributed by atoms with Gasteiger partial charge < -0.3 is 10.1 Å². The summed E-state index contributed by atoms with van der Waals surface area (Å²) >= 11 is 0. The van der Waals surface area contributed by atoms with Crippen molar-refractivity contribution in [2.24, 2.45) is 0 Å². The first-order valence-corrected chi connectivity index (χ1v) is 8.50. The Morgan fingerprint density at radius 3 is 2.33 bits per heavy atom. The van der Waals surface area contributed by atoms with E-state index in [-0.39, 0.29) is 18.0 Å². The van der Waals surface area contributed by atoms with E-state index < -0.39 is 0 Å². The zero-order valence-electron chi connectivity index (χ0n) is 14.1. The second kappa shape index (κ2) is 13.9. The van der Waals surface area contributed by atoms with E-state index in [2.05, 4.69) is 12.2 Å². The van der Waals surface area contributed by atoms with Gasteiger partial charge in [-0.05, 0) is 32.6 Å². The lowest BCUT2D eigenvalue weighted by atomic mass is 10.1. The van der Waals surface area contributed by atoms with Gasteiger partial charge in [0.05, 0.1) is 6.10 Å². The number of ether oxygens (including phenoxy) is 1. The minimum absolute atomic E-state index is 0.0199. The lowest BCUT2D eigenvalue weighted by Crippen LogP contribution is -2.20. The number of esters is 1. The number of carbonyl (C=O) groups is 2. The predicted molar refractivity (Wildman–Crippen MR) is 86.1 cm³/mol. The molecule has 4 heteroatoms. The van der Waals surface area contributed by atoms with Gasteiger partial charge >= 0.3 is 5.97 Å². The summed E-state index contributed by atoms with van der Waals surface area (Å²) in [7, 11) is 0. The van der Waals surface area contributed by atoms with Crippen LogP contribution in [0, 0.1) is 0 Å². The Morgan fingerprint density at radius 1 is 1.00 bits per heavy atom. The second-order valence-corrected chi connectivity index (χ2v) is 5.80. The minimum Gasteiger partial charge on any atom is -0.463 e.